The van der Waals surface area contributed by atoms with Gasteiger partial charge in [0.25, 0.3) is 0 Å². The summed E-state index contributed by atoms with van der Waals surface area (Å²) in [5, 5.41) is 0. The molecule has 0 aromatic rings. The van der Waals surface area contributed by atoms with Crippen LogP contribution >= 0.6 is 0 Å². The maximum atomic E-state index is 2.41. The summed E-state index contributed by atoms with van der Waals surface area (Å²) >= 11 is 0. The molecule has 41 valence electrons. The largest absolute Gasteiger partial charge is 0.0620 e. The molecule has 1 fully saturated rings. The van der Waals surface area contributed by atoms with Crippen molar-refractivity contribution < 1.29 is 0 Å². The second-order valence-electron chi connectivity index (χ2n) is 2.77. The fourth-order valence-corrected chi connectivity index (χ4v) is 1.16. The smallest absolute Gasteiger partial charge is 0.0324 e. The summed E-state index contributed by atoms with van der Waals surface area (Å²) in [6, 6.07) is 0. The Bertz CT molecular complexity index is 58.4. The maximum absolute atomic E-state index is 2.41. The van der Waals surface area contributed by atoms with E-state index in [2.05, 4.69) is 27.2 Å². The molecule has 0 amide bonds. The molecule has 2 atom stereocenters. The summed E-state index contributed by atoms with van der Waals surface area (Å²) in [6.45, 7) is 6.88. The van der Waals surface area contributed by atoms with Crippen molar-refractivity contribution >= 4 is 0 Å². The summed E-state index contributed by atoms with van der Waals surface area (Å²) in [5.74, 6) is 2.71. The first-order valence-corrected chi connectivity index (χ1v) is 3.07. The molecule has 1 aliphatic carbocycles. The van der Waals surface area contributed by atoms with Gasteiger partial charge in [0.2, 0.25) is 0 Å². The van der Waals surface area contributed by atoms with Gasteiger partial charge in [-0.3, -0.25) is 0 Å². The highest BCUT2D eigenvalue weighted by Gasteiger charge is 2.30. The van der Waals surface area contributed by atoms with Crippen LogP contribution in [0.3, 0.4) is 0 Å². The second-order valence-corrected chi connectivity index (χ2v) is 2.77. The van der Waals surface area contributed by atoms with E-state index < -0.39 is 0 Å². The van der Waals surface area contributed by atoms with Crippen molar-refractivity contribution in [1.29, 1.82) is 0 Å². The third-order valence-electron chi connectivity index (χ3n) is 2.27. The molecular formula is C7H13. The summed E-state index contributed by atoms with van der Waals surface area (Å²) in [4.78, 5) is 0. The van der Waals surface area contributed by atoms with Crippen LogP contribution in [0.4, 0.5) is 0 Å². The summed E-state index contributed by atoms with van der Waals surface area (Å²) in [6.07, 6.45) is 2.41. The quantitative estimate of drug-likeness (QED) is 0.434. The highest BCUT2D eigenvalue weighted by atomic mass is 14.3. The Morgan fingerprint density at radius 2 is 1.43 bits per heavy atom. The van der Waals surface area contributed by atoms with Crippen LogP contribution in [0.1, 0.15) is 20.8 Å². The first kappa shape index (κ1) is 5.14. The third-order valence-corrected chi connectivity index (χ3v) is 2.27. The van der Waals surface area contributed by atoms with Gasteiger partial charge in [-0.05, 0) is 24.2 Å². The molecule has 1 saturated carbocycles. The second kappa shape index (κ2) is 1.50. The van der Waals surface area contributed by atoms with Crippen LogP contribution in [-0.2, 0) is 0 Å². The molecule has 0 heterocycles. The fourth-order valence-electron chi connectivity index (χ4n) is 1.16. The molecule has 0 bridgehead atoms. The van der Waals surface area contributed by atoms with Crippen LogP contribution in [0.15, 0.2) is 0 Å². The van der Waals surface area contributed by atoms with E-state index >= 15 is 0 Å². The van der Waals surface area contributed by atoms with Crippen LogP contribution in [0.25, 0.3) is 0 Å². The van der Waals surface area contributed by atoms with Crippen molar-refractivity contribution in [3.8, 4) is 0 Å². The van der Waals surface area contributed by atoms with Crippen molar-refractivity contribution in [2.24, 2.45) is 17.8 Å². The monoisotopic (exact) mass is 97.1 g/mol. The van der Waals surface area contributed by atoms with E-state index in [1.165, 1.54) is 0 Å². The summed E-state index contributed by atoms with van der Waals surface area (Å²) in [5.41, 5.74) is 0. The van der Waals surface area contributed by atoms with Crippen molar-refractivity contribution in [2.75, 3.05) is 0 Å². The molecular weight excluding hydrogens is 84.1 g/mol. The van der Waals surface area contributed by atoms with E-state index in [0.717, 1.165) is 17.8 Å². The highest BCUT2D eigenvalue weighted by Crippen LogP contribution is 2.37. The van der Waals surface area contributed by atoms with Gasteiger partial charge in [-0.1, -0.05) is 20.8 Å². The predicted octanol–water partition coefficient (Wildman–Crippen LogP) is 2.11. The molecule has 0 heteroatoms. The van der Waals surface area contributed by atoms with Gasteiger partial charge in [-0.2, -0.15) is 0 Å². The molecule has 1 rings (SSSR count). The van der Waals surface area contributed by atoms with E-state index in [-0.39, 0.29) is 0 Å². The van der Waals surface area contributed by atoms with Gasteiger partial charge in [0.1, 0.15) is 0 Å². The Morgan fingerprint density at radius 1 is 1.00 bits per heavy atom. The maximum Gasteiger partial charge on any atom is -0.0324 e. The molecule has 2 unspecified atom stereocenters. The lowest BCUT2D eigenvalue weighted by atomic mass is 9.68. The van der Waals surface area contributed by atoms with E-state index in [0.29, 0.717) is 0 Å². The molecule has 0 nitrogen and oxygen atoms in total. The lowest BCUT2D eigenvalue weighted by Crippen LogP contribution is -2.30. The molecule has 0 aromatic heterocycles. The average Bonchev–Trinajstić information content (AvgIpc) is 1.68. The number of hydrogen-bond donors (Lipinski definition) is 0. The minimum atomic E-state index is 0.884. The molecule has 1 radical (unpaired) electrons. The van der Waals surface area contributed by atoms with Crippen LogP contribution in [-0.4, -0.2) is 0 Å². The van der Waals surface area contributed by atoms with Gasteiger partial charge in [-0.25, -0.2) is 0 Å². The molecule has 1 aliphatic rings. The third kappa shape index (κ3) is 0.667. The standard InChI is InChI=1S/C7H13/c1-5-4-6(2)7(5)3/h4-7H,1-3H3. The normalized spacial score (nSPS) is 51.0. The van der Waals surface area contributed by atoms with Gasteiger partial charge in [-0.15, -0.1) is 0 Å². The Hall–Kier alpha value is 0. The Labute approximate surface area is 45.9 Å². The van der Waals surface area contributed by atoms with Gasteiger partial charge in [0.05, 0.1) is 0 Å². The number of rotatable bonds is 0. The Kier molecular flexibility index (Phi) is 1.10. The lowest BCUT2D eigenvalue weighted by Gasteiger charge is -2.37. The molecule has 7 heavy (non-hydrogen) atoms. The fraction of sp³-hybridized carbons (Fsp3) is 0.857. The Balaban J connectivity index is 2.29. The topological polar surface area (TPSA) is 0 Å². The molecule has 0 spiro atoms. The van der Waals surface area contributed by atoms with Gasteiger partial charge in [0.15, 0.2) is 0 Å². The van der Waals surface area contributed by atoms with E-state index in [9.17, 15) is 0 Å². The zero-order valence-electron chi connectivity index (χ0n) is 5.31. The van der Waals surface area contributed by atoms with Crippen molar-refractivity contribution in [3.63, 3.8) is 0 Å². The van der Waals surface area contributed by atoms with Crippen LogP contribution in [0.5, 0.6) is 0 Å². The minimum Gasteiger partial charge on any atom is -0.0620 e. The first-order chi connectivity index (χ1) is 3.22. The van der Waals surface area contributed by atoms with E-state index in [1.807, 2.05) is 0 Å². The summed E-state index contributed by atoms with van der Waals surface area (Å²) < 4.78 is 0. The van der Waals surface area contributed by atoms with Gasteiger partial charge >= 0.3 is 0 Å². The van der Waals surface area contributed by atoms with Crippen LogP contribution in [0, 0.1) is 24.2 Å². The molecule has 0 saturated heterocycles. The summed E-state index contributed by atoms with van der Waals surface area (Å²) in [7, 11) is 0. The first-order valence-electron chi connectivity index (χ1n) is 3.07. The SMILES string of the molecule is CC1[CH]C(C)C1C. The van der Waals surface area contributed by atoms with Crippen LogP contribution < -0.4 is 0 Å². The average molecular weight is 97.2 g/mol. The minimum absolute atomic E-state index is 0.884. The van der Waals surface area contributed by atoms with E-state index in [4.69, 9.17) is 0 Å². The lowest BCUT2D eigenvalue weighted by molar-refractivity contribution is 0.215. The van der Waals surface area contributed by atoms with Crippen LogP contribution in [0.2, 0.25) is 0 Å². The van der Waals surface area contributed by atoms with Crippen molar-refractivity contribution in [1.82, 2.24) is 0 Å². The van der Waals surface area contributed by atoms with Gasteiger partial charge < -0.3 is 0 Å². The molecule has 0 N–H and O–H groups in total. The van der Waals surface area contributed by atoms with Crippen molar-refractivity contribution in [2.45, 2.75) is 20.8 Å². The highest BCUT2D eigenvalue weighted by molar-refractivity contribution is 4.96. The zero-order valence-corrected chi connectivity index (χ0v) is 5.31. The zero-order chi connectivity index (χ0) is 5.44. The predicted molar refractivity (Wildman–Crippen MR) is 31.8 cm³/mol. The van der Waals surface area contributed by atoms with Crippen molar-refractivity contribution in [3.05, 3.63) is 6.42 Å². The molecule has 0 aliphatic heterocycles. The van der Waals surface area contributed by atoms with Gasteiger partial charge in [0, 0.05) is 0 Å². The number of hydrogen-bond acceptors (Lipinski definition) is 0. The van der Waals surface area contributed by atoms with E-state index in [1.54, 1.807) is 0 Å². The molecule has 0 aromatic carbocycles. The Morgan fingerprint density at radius 3 is 1.43 bits per heavy atom.